The number of para-hydroxylation sites is 1. The molecule has 0 spiro atoms. The van der Waals surface area contributed by atoms with Gasteiger partial charge in [0.1, 0.15) is 34.6 Å². The monoisotopic (exact) mass is 554 g/mol. The normalized spacial score (nSPS) is 17.7. The van der Waals surface area contributed by atoms with Gasteiger partial charge < -0.3 is 23.7 Å². The number of benzene rings is 1. The number of nitrogens with zero attached hydrogens (tertiary/aromatic N) is 5. The lowest BCUT2D eigenvalue weighted by Crippen LogP contribution is -2.33. The average molecular weight is 555 g/mol. The van der Waals surface area contributed by atoms with E-state index in [1.807, 2.05) is 0 Å². The second-order valence-electron chi connectivity index (χ2n) is 7.93. The molecule has 1 aliphatic heterocycles. The van der Waals surface area contributed by atoms with Crippen molar-refractivity contribution in [3.63, 3.8) is 0 Å². The molecular formula is C22H27ClN6O7S. The molecule has 2 aromatic heterocycles. The molecule has 1 fully saturated rings. The minimum Gasteiger partial charge on any atom is -0.494 e. The summed E-state index contributed by atoms with van der Waals surface area (Å²) in [6.07, 6.45) is 1.12. The number of anilines is 1. The predicted molar refractivity (Wildman–Crippen MR) is 133 cm³/mol. The topological polar surface area (TPSA) is 149 Å². The molecule has 3 heterocycles. The van der Waals surface area contributed by atoms with Gasteiger partial charge >= 0.3 is 0 Å². The highest BCUT2D eigenvalue weighted by Gasteiger charge is 2.36. The maximum atomic E-state index is 13.5. The molecule has 13 nitrogen and oxygen atoms in total. The van der Waals surface area contributed by atoms with E-state index >= 15 is 0 Å². The summed E-state index contributed by atoms with van der Waals surface area (Å²) in [7, 11) is 0.215. The zero-order chi connectivity index (χ0) is 26.6. The first-order chi connectivity index (χ1) is 17.8. The molecule has 200 valence electrons. The van der Waals surface area contributed by atoms with Gasteiger partial charge in [0.25, 0.3) is 0 Å². The van der Waals surface area contributed by atoms with Crippen LogP contribution in [0.4, 0.5) is 5.95 Å². The Labute approximate surface area is 219 Å². The number of aromatic nitrogens is 5. The van der Waals surface area contributed by atoms with Crippen LogP contribution in [0.25, 0.3) is 5.69 Å². The summed E-state index contributed by atoms with van der Waals surface area (Å²) >= 11 is 5.87. The molecule has 1 aromatic carbocycles. The lowest BCUT2D eigenvalue weighted by molar-refractivity contribution is -0.0941. The maximum absolute atomic E-state index is 13.5. The van der Waals surface area contributed by atoms with E-state index in [0.29, 0.717) is 41.2 Å². The molecule has 1 aliphatic rings. The number of ether oxygens (including phenoxy) is 5. The number of rotatable bonds is 10. The smallest absolute Gasteiger partial charge is 0.243 e. The van der Waals surface area contributed by atoms with Crippen LogP contribution in [0.1, 0.15) is 30.8 Å². The number of nitrogens with one attached hydrogen (secondary N) is 1. The number of hydrogen-bond donors (Lipinski definition) is 1. The van der Waals surface area contributed by atoms with E-state index in [2.05, 4.69) is 24.9 Å². The van der Waals surface area contributed by atoms with Gasteiger partial charge in [-0.25, -0.2) is 18.4 Å². The van der Waals surface area contributed by atoms with Gasteiger partial charge in [-0.2, -0.15) is 0 Å². The van der Waals surface area contributed by atoms with Gasteiger partial charge in [0.05, 0.1) is 39.1 Å². The van der Waals surface area contributed by atoms with Crippen molar-refractivity contribution < 1.29 is 32.1 Å². The molecule has 1 N–H and O–H groups in total. The summed E-state index contributed by atoms with van der Waals surface area (Å²) in [5.41, 5.74) is 0.386. The van der Waals surface area contributed by atoms with E-state index in [0.717, 1.165) is 0 Å². The van der Waals surface area contributed by atoms with E-state index < -0.39 is 27.5 Å². The third-order valence-electron chi connectivity index (χ3n) is 5.72. The summed E-state index contributed by atoms with van der Waals surface area (Å²) in [6, 6.07) is 5.16. The van der Waals surface area contributed by atoms with Gasteiger partial charge in [0, 0.05) is 19.5 Å². The van der Waals surface area contributed by atoms with Crippen LogP contribution in [0, 0.1) is 0 Å². The Kier molecular flexibility index (Phi) is 8.44. The zero-order valence-corrected chi connectivity index (χ0v) is 22.2. The van der Waals surface area contributed by atoms with Crippen LogP contribution >= 0.6 is 11.6 Å². The van der Waals surface area contributed by atoms with Gasteiger partial charge in [0.2, 0.25) is 16.0 Å². The van der Waals surface area contributed by atoms with Crippen molar-refractivity contribution in [1.29, 1.82) is 0 Å². The Balaban J connectivity index is 1.78. The summed E-state index contributed by atoms with van der Waals surface area (Å²) in [6.45, 7) is 2.45. The molecule has 4 rings (SSSR count). The highest BCUT2D eigenvalue weighted by atomic mass is 35.5. The van der Waals surface area contributed by atoms with Crippen molar-refractivity contribution in [2.45, 2.75) is 24.4 Å². The van der Waals surface area contributed by atoms with E-state index in [1.54, 1.807) is 18.2 Å². The van der Waals surface area contributed by atoms with Gasteiger partial charge in [-0.05, 0) is 19.1 Å². The van der Waals surface area contributed by atoms with Crippen LogP contribution in [-0.2, 0) is 24.2 Å². The van der Waals surface area contributed by atoms with Crippen LogP contribution in [0.3, 0.4) is 0 Å². The third kappa shape index (κ3) is 5.62. The van der Waals surface area contributed by atoms with Gasteiger partial charge in [-0.3, -0.25) is 9.29 Å². The van der Waals surface area contributed by atoms with Gasteiger partial charge in [0.15, 0.2) is 11.6 Å². The number of hydrogen-bond acceptors (Lipinski definition) is 11. The Morgan fingerprint density at radius 3 is 2.35 bits per heavy atom. The first-order valence-corrected chi connectivity index (χ1v) is 13.1. The molecule has 0 aliphatic carbocycles. The number of halogens is 1. The minimum absolute atomic E-state index is 0.106. The molecule has 3 aromatic rings. The molecule has 3 atom stereocenters. The molecule has 1 saturated heterocycles. The zero-order valence-electron chi connectivity index (χ0n) is 20.6. The Morgan fingerprint density at radius 2 is 1.78 bits per heavy atom. The summed E-state index contributed by atoms with van der Waals surface area (Å²) < 4.78 is 59.1. The molecule has 15 heteroatoms. The third-order valence-corrected chi connectivity index (χ3v) is 7.60. The van der Waals surface area contributed by atoms with Crippen LogP contribution < -0.4 is 14.2 Å². The Hall–Kier alpha value is -3.04. The molecule has 0 saturated carbocycles. The van der Waals surface area contributed by atoms with Gasteiger partial charge in [-0.1, -0.05) is 17.7 Å². The van der Waals surface area contributed by atoms with Crippen LogP contribution in [-0.4, -0.2) is 79.6 Å². The molecule has 0 amide bonds. The maximum Gasteiger partial charge on any atom is 0.243 e. The first kappa shape index (κ1) is 27.0. The Morgan fingerprint density at radius 1 is 1.11 bits per heavy atom. The molecule has 2 unspecified atom stereocenters. The summed E-state index contributed by atoms with van der Waals surface area (Å²) in [5.74, 6) is 1.15. The SMILES string of the molecule is COc1cccc(OC)c1-n1c(NS(=O)(=O)C(C)C(OC)c2ncc(Cl)cn2)nnc1[C@H]1COCCO1. The highest BCUT2D eigenvalue weighted by molar-refractivity contribution is 7.93. The Bertz CT molecular complexity index is 1290. The number of sulfonamides is 1. The van der Waals surface area contributed by atoms with Gasteiger partial charge in [-0.15, -0.1) is 10.2 Å². The molecule has 0 radical (unpaired) electrons. The summed E-state index contributed by atoms with van der Waals surface area (Å²) in [4.78, 5) is 8.22. The molecular weight excluding hydrogens is 528 g/mol. The molecule has 37 heavy (non-hydrogen) atoms. The van der Waals surface area contributed by atoms with Crippen LogP contribution in [0.5, 0.6) is 11.5 Å². The van der Waals surface area contributed by atoms with E-state index in [4.69, 9.17) is 35.3 Å². The van der Waals surface area contributed by atoms with Crippen LogP contribution in [0.15, 0.2) is 30.6 Å². The van der Waals surface area contributed by atoms with Crippen molar-refractivity contribution in [1.82, 2.24) is 24.7 Å². The second kappa shape index (κ2) is 11.6. The fourth-order valence-electron chi connectivity index (χ4n) is 3.84. The fraction of sp³-hybridized carbons (Fsp3) is 0.455. The van der Waals surface area contributed by atoms with Crippen molar-refractivity contribution in [2.24, 2.45) is 0 Å². The highest BCUT2D eigenvalue weighted by Crippen LogP contribution is 2.37. The lowest BCUT2D eigenvalue weighted by atomic mass is 10.2. The second-order valence-corrected chi connectivity index (χ2v) is 10.4. The largest absolute Gasteiger partial charge is 0.494 e. The van der Waals surface area contributed by atoms with E-state index in [-0.39, 0.29) is 18.4 Å². The standard InChI is InChI=1S/C22H27ClN6O7S/c1-13(19(34-4)20-24-10-14(23)11-25-20)37(30,31)28-22-27-26-21(17-12-35-8-9-36-17)29(22)18-15(32-2)6-5-7-16(18)33-3/h5-7,10-11,13,17,19H,8-9,12H2,1-4H3,(H,27,28)/t13?,17-,19?/m1/s1. The summed E-state index contributed by atoms with van der Waals surface area (Å²) in [5, 5.41) is 7.56. The van der Waals surface area contributed by atoms with Crippen molar-refractivity contribution in [3.05, 3.63) is 47.3 Å². The average Bonchev–Trinajstić information content (AvgIpc) is 3.32. The number of methoxy groups -OCH3 is 3. The van der Waals surface area contributed by atoms with Crippen LogP contribution in [0.2, 0.25) is 5.02 Å². The lowest BCUT2D eigenvalue weighted by Gasteiger charge is -2.25. The van der Waals surface area contributed by atoms with Crippen molar-refractivity contribution in [2.75, 3.05) is 45.9 Å². The first-order valence-electron chi connectivity index (χ1n) is 11.2. The van der Waals surface area contributed by atoms with E-state index in [9.17, 15) is 8.42 Å². The fourth-order valence-corrected chi connectivity index (χ4v) is 5.07. The van der Waals surface area contributed by atoms with E-state index in [1.165, 1.54) is 45.2 Å². The minimum atomic E-state index is -4.13. The van der Waals surface area contributed by atoms with Crippen molar-refractivity contribution >= 4 is 27.6 Å². The predicted octanol–water partition coefficient (Wildman–Crippen LogP) is 2.33. The molecule has 0 bridgehead atoms. The quantitative estimate of drug-likeness (QED) is 0.393. The van der Waals surface area contributed by atoms with Crippen molar-refractivity contribution in [3.8, 4) is 17.2 Å².